The molecule has 1 atom stereocenters. The van der Waals surface area contributed by atoms with Crippen LogP contribution in [0, 0.1) is 6.92 Å². The summed E-state index contributed by atoms with van der Waals surface area (Å²) >= 11 is 3.53. The summed E-state index contributed by atoms with van der Waals surface area (Å²) in [5.41, 5.74) is 2.82. The molecule has 1 aliphatic rings. The molecular weight excluding hydrogens is 276 g/mol. The molecule has 1 fully saturated rings. The predicted octanol–water partition coefficient (Wildman–Crippen LogP) is 2.64. The molecule has 1 aromatic carbocycles. The number of rotatable bonds is 5. The lowest BCUT2D eigenvalue weighted by molar-refractivity contribution is 0.537. The van der Waals surface area contributed by atoms with Crippen LogP contribution < -0.4 is 10.6 Å². The standard InChI is InChI=1S/C14H21BrN2/c1-11-4-5-13(15)9-12(11)6-8-16-10-14-3-2-7-17-14/h4-5,9,14,16-17H,2-3,6-8,10H2,1H3. The Labute approximate surface area is 112 Å². The van der Waals surface area contributed by atoms with Gasteiger partial charge in [0.1, 0.15) is 0 Å². The molecule has 0 saturated carbocycles. The molecule has 1 saturated heterocycles. The molecule has 1 aromatic rings. The summed E-state index contributed by atoms with van der Waals surface area (Å²) in [5, 5.41) is 7.05. The van der Waals surface area contributed by atoms with Crippen LogP contribution >= 0.6 is 15.9 Å². The van der Waals surface area contributed by atoms with E-state index in [4.69, 9.17) is 0 Å². The van der Waals surface area contributed by atoms with Gasteiger partial charge in [-0.05, 0) is 62.5 Å². The highest BCUT2D eigenvalue weighted by atomic mass is 79.9. The fourth-order valence-corrected chi connectivity index (χ4v) is 2.75. The third-order valence-electron chi connectivity index (χ3n) is 3.44. The normalized spacial score (nSPS) is 19.8. The van der Waals surface area contributed by atoms with Crippen molar-refractivity contribution in [3.05, 3.63) is 33.8 Å². The molecule has 1 aliphatic heterocycles. The van der Waals surface area contributed by atoms with Gasteiger partial charge in [0, 0.05) is 17.1 Å². The summed E-state index contributed by atoms with van der Waals surface area (Å²) in [5.74, 6) is 0. The van der Waals surface area contributed by atoms with Crippen LogP contribution in [0.3, 0.4) is 0 Å². The molecule has 2 rings (SSSR count). The minimum Gasteiger partial charge on any atom is -0.315 e. The van der Waals surface area contributed by atoms with Crippen LogP contribution in [0.1, 0.15) is 24.0 Å². The second-order valence-corrected chi connectivity index (χ2v) is 5.73. The summed E-state index contributed by atoms with van der Waals surface area (Å²) in [6.45, 7) is 5.54. The first-order valence-corrected chi connectivity index (χ1v) is 7.24. The molecule has 94 valence electrons. The number of benzene rings is 1. The lowest BCUT2D eigenvalue weighted by Gasteiger charge is -2.12. The van der Waals surface area contributed by atoms with Crippen LogP contribution in [0.4, 0.5) is 0 Å². The highest BCUT2D eigenvalue weighted by Gasteiger charge is 2.12. The molecule has 0 amide bonds. The number of hydrogen-bond donors (Lipinski definition) is 2. The van der Waals surface area contributed by atoms with Crippen molar-refractivity contribution >= 4 is 15.9 Å². The number of hydrogen-bond acceptors (Lipinski definition) is 2. The summed E-state index contributed by atoms with van der Waals surface area (Å²) in [6, 6.07) is 7.20. The Balaban J connectivity index is 1.72. The van der Waals surface area contributed by atoms with E-state index in [1.165, 1.54) is 35.0 Å². The SMILES string of the molecule is Cc1ccc(Br)cc1CCNCC1CCCN1. The average molecular weight is 297 g/mol. The molecule has 2 N–H and O–H groups in total. The lowest BCUT2D eigenvalue weighted by Crippen LogP contribution is -2.34. The van der Waals surface area contributed by atoms with Gasteiger partial charge >= 0.3 is 0 Å². The first-order chi connectivity index (χ1) is 8.25. The summed E-state index contributed by atoms with van der Waals surface area (Å²) in [4.78, 5) is 0. The fraction of sp³-hybridized carbons (Fsp3) is 0.571. The topological polar surface area (TPSA) is 24.1 Å². The molecule has 1 unspecified atom stereocenters. The Morgan fingerprint density at radius 3 is 3.12 bits per heavy atom. The molecule has 0 bridgehead atoms. The molecule has 3 heteroatoms. The second-order valence-electron chi connectivity index (χ2n) is 4.82. The minimum atomic E-state index is 0.693. The van der Waals surface area contributed by atoms with Gasteiger partial charge in [-0.1, -0.05) is 22.0 Å². The van der Waals surface area contributed by atoms with Crippen molar-refractivity contribution < 1.29 is 0 Å². The molecule has 2 nitrogen and oxygen atoms in total. The van der Waals surface area contributed by atoms with Crippen molar-refractivity contribution in [2.45, 2.75) is 32.2 Å². The zero-order chi connectivity index (χ0) is 12.1. The Morgan fingerprint density at radius 2 is 2.35 bits per heavy atom. The van der Waals surface area contributed by atoms with E-state index < -0.39 is 0 Å². The van der Waals surface area contributed by atoms with Gasteiger partial charge in [0.15, 0.2) is 0 Å². The first-order valence-electron chi connectivity index (χ1n) is 6.45. The predicted molar refractivity (Wildman–Crippen MR) is 76.5 cm³/mol. The van der Waals surface area contributed by atoms with Crippen LogP contribution in [-0.4, -0.2) is 25.7 Å². The average Bonchev–Trinajstić information content (AvgIpc) is 2.82. The fourth-order valence-electron chi connectivity index (χ4n) is 2.34. The number of nitrogens with one attached hydrogen (secondary N) is 2. The zero-order valence-corrected chi connectivity index (χ0v) is 12.0. The monoisotopic (exact) mass is 296 g/mol. The summed E-state index contributed by atoms with van der Waals surface area (Å²) in [7, 11) is 0. The molecule has 0 aromatic heterocycles. The smallest absolute Gasteiger partial charge is 0.0192 e. The molecule has 0 spiro atoms. The van der Waals surface area contributed by atoms with Crippen molar-refractivity contribution in [2.75, 3.05) is 19.6 Å². The van der Waals surface area contributed by atoms with Gasteiger partial charge < -0.3 is 10.6 Å². The maximum atomic E-state index is 3.54. The van der Waals surface area contributed by atoms with Crippen LogP contribution in [-0.2, 0) is 6.42 Å². The molecule has 1 heterocycles. The van der Waals surface area contributed by atoms with Crippen molar-refractivity contribution in [2.24, 2.45) is 0 Å². The van der Waals surface area contributed by atoms with Gasteiger partial charge in [-0.2, -0.15) is 0 Å². The van der Waals surface area contributed by atoms with Crippen molar-refractivity contribution in [1.29, 1.82) is 0 Å². The van der Waals surface area contributed by atoms with Crippen molar-refractivity contribution in [1.82, 2.24) is 10.6 Å². The Bertz CT molecular complexity index is 359. The van der Waals surface area contributed by atoms with E-state index in [2.05, 4.69) is 51.7 Å². The van der Waals surface area contributed by atoms with Crippen LogP contribution in [0.15, 0.2) is 22.7 Å². The van der Waals surface area contributed by atoms with Gasteiger partial charge in [-0.15, -0.1) is 0 Å². The van der Waals surface area contributed by atoms with Crippen molar-refractivity contribution in [3.63, 3.8) is 0 Å². The Hall–Kier alpha value is -0.380. The van der Waals surface area contributed by atoms with E-state index in [9.17, 15) is 0 Å². The number of aryl methyl sites for hydroxylation is 1. The second kappa shape index (κ2) is 6.53. The van der Waals surface area contributed by atoms with E-state index in [0.29, 0.717) is 6.04 Å². The highest BCUT2D eigenvalue weighted by Crippen LogP contribution is 2.16. The van der Waals surface area contributed by atoms with Gasteiger partial charge in [-0.25, -0.2) is 0 Å². The Morgan fingerprint density at radius 1 is 1.47 bits per heavy atom. The summed E-state index contributed by atoms with van der Waals surface area (Å²) in [6.07, 6.45) is 3.76. The third kappa shape index (κ3) is 4.09. The van der Waals surface area contributed by atoms with Crippen LogP contribution in [0.25, 0.3) is 0 Å². The zero-order valence-electron chi connectivity index (χ0n) is 10.4. The lowest BCUT2D eigenvalue weighted by atomic mass is 10.1. The maximum Gasteiger partial charge on any atom is 0.0192 e. The quantitative estimate of drug-likeness (QED) is 0.817. The van der Waals surface area contributed by atoms with E-state index >= 15 is 0 Å². The van der Waals surface area contributed by atoms with E-state index in [1.54, 1.807) is 0 Å². The van der Waals surface area contributed by atoms with Gasteiger partial charge in [0.05, 0.1) is 0 Å². The van der Waals surface area contributed by atoms with Gasteiger partial charge in [0.25, 0.3) is 0 Å². The summed E-state index contributed by atoms with van der Waals surface area (Å²) < 4.78 is 1.18. The Kier molecular flexibility index (Phi) is 5.01. The van der Waals surface area contributed by atoms with Crippen LogP contribution in [0.5, 0.6) is 0 Å². The van der Waals surface area contributed by atoms with Gasteiger partial charge in [0.2, 0.25) is 0 Å². The molecule has 0 radical (unpaired) electrons. The largest absolute Gasteiger partial charge is 0.315 e. The van der Waals surface area contributed by atoms with E-state index in [0.717, 1.165) is 19.5 Å². The van der Waals surface area contributed by atoms with E-state index in [-0.39, 0.29) is 0 Å². The highest BCUT2D eigenvalue weighted by molar-refractivity contribution is 9.10. The molecule has 17 heavy (non-hydrogen) atoms. The third-order valence-corrected chi connectivity index (χ3v) is 3.93. The van der Waals surface area contributed by atoms with E-state index in [1.807, 2.05) is 0 Å². The molecule has 0 aliphatic carbocycles. The minimum absolute atomic E-state index is 0.693. The number of halogens is 1. The van der Waals surface area contributed by atoms with Crippen molar-refractivity contribution in [3.8, 4) is 0 Å². The van der Waals surface area contributed by atoms with Crippen LogP contribution in [0.2, 0.25) is 0 Å². The first kappa shape index (κ1) is 13.1. The molecular formula is C14H21BrN2. The maximum absolute atomic E-state index is 3.54. The van der Waals surface area contributed by atoms with Gasteiger partial charge in [-0.3, -0.25) is 0 Å².